The lowest BCUT2D eigenvalue weighted by Gasteiger charge is -2.37. The Bertz CT molecular complexity index is 454. The van der Waals surface area contributed by atoms with Crippen molar-refractivity contribution >= 4 is 5.78 Å². The minimum absolute atomic E-state index is 0.103. The molecule has 0 unspecified atom stereocenters. The van der Waals surface area contributed by atoms with E-state index < -0.39 is 6.29 Å². The standard InChI is InChI=1S/C16H22O4/c1-10-9-19-16(20-15(10)11(2)12(3)17)13-5-7-14(18-4)8-6-13/h5-8,10-11,15-16H,9H2,1-4H3/t10-,11-,15+,16-/m0/s1. The highest BCUT2D eigenvalue weighted by Gasteiger charge is 2.35. The van der Waals surface area contributed by atoms with Gasteiger partial charge in [0.2, 0.25) is 0 Å². The lowest BCUT2D eigenvalue weighted by molar-refractivity contribution is -0.247. The Morgan fingerprint density at radius 1 is 1.35 bits per heavy atom. The number of methoxy groups -OCH3 is 1. The quantitative estimate of drug-likeness (QED) is 0.849. The van der Waals surface area contributed by atoms with Gasteiger partial charge in [0.25, 0.3) is 0 Å². The normalized spacial score (nSPS) is 27.9. The molecule has 1 saturated heterocycles. The summed E-state index contributed by atoms with van der Waals surface area (Å²) < 4.78 is 16.9. The lowest BCUT2D eigenvalue weighted by atomic mass is 9.90. The molecule has 0 aliphatic carbocycles. The molecule has 1 aromatic carbocycles. The van der Waals surface area contributed by atoms with E-state index in [1.54, 1.807) is 14.0 Å². The van der Waals surface area contributed by atoms with E-state index >= 15 is 0 Å². The number of Topliss-reactive ketones (excluding diaryl/α,β-unsaturated/α-hetero) is 1. The molecule has 1 aliphatic rings. The Kier molecular flexibility index (Phi) is 4.78. The fourth-order valence-corrected chi connectivity index (χ4v) is 2.43. The highest BCUT2D eigenvalue weighted by Crippen LogP contribution is 2.33. The molecule has 0 spiro atoms. The first-order valence-corrected chi connectivity index (χ1v) is 6.94. The number of ketones is 1. The first-order valence-electron chi connectivity index (χ1n) is 6.94. The summed E-state index contributed by atoms with van der Waals surface area (Å²) in [6, 6.07) is 7.61. The molecule has 0 N–H and O–H groups in total. The van der Waals surface area contributed by atoms with E-state index in [-0.39, 0.29) is 23.7 Å². The number of carbonyl (C=O) groups excluding carboxylic acids is 1. The first kappa shape index (κ1) is 15.0. The highest BCUT2D eigenvalue weighted by molar-refractivity contribution is 5.78. The molecule has 4 atom stereocenters. The van der Waals surface area contributed by atoms with Gasteiger partial charge in [-0.05, 0) is 19.1 Å². The molecule has 0 bridgehead atoms. The van der Waals surface area contributed by atoms with E-state index in [1.165, 1.54) is 0 Å². The molecular formula is C16H22O4. The summed E-state index contributed by atoms with van der Waals surface area (Å²) in [5, 5.41) is 0. The minimum atomic E-state index is -0.413. The maximum absolute atomic E-state index is 11.6. The third-order valence-corrected chi connectivity index (χ3v) is 3.87. The van der Waals surface area contributed by atoms with Crippen LogP contribution in [0.25, 0.3) is 0 Å². The second-order valence-corrected chi connectivity index (χ2v) is 5.42. The Balaban J connectivity index is 2.11. The van der Waals surface area contributed by atoms with Crippen LogP contribution in [-0.2, 0) is 14.3 Å². The van der Waals surface area contributed by atoms with Crippen LogP contribution < -0.4 is 4.74 Å². The number of benzene rings is 1. The smallest absolute Gasteiger partial charge is 0.184 e. The predicted octanol–water partition coefficient (Wildman–Crippen LogP) is 2.97. The summed E-state index contributed by atoms with van der Waals surface area (Å²) in [5.41, 5.74) is 0.943. The Labute approximate surface area is 120 Å². The van der Waals surface area contributed by atoms with Gasteiger partial charge in [0, 0.05) is 17.4 Å². The summed E-state index contributed by atoms with van der Waals surface area (Å²) in [7, 11) is 1.63. The summed E-state index contributed by atoms with van der Waals surface area (Å²) in [5.74, 6) is 1.04. The molecule has 1 heterocycles. The van der Waals surface area contributed by atoms with E-state index in [1.807, 2.05) is 38.1 Å². The predicted molar refractivity (Wildman–Crippen MR) is 75.6 cm³/mol. The highest BCUT2D eigenvalue weighted by atomic mass is 16.7. The Hall–Kier alpha value is -1.39. The van der Waals surface area contributed by atoms with Crippen molar-refractivity contribution in [1.29, 1.82) is 0 Å². The molecule has 1 aliphatic heterocycles. The molecule has 2 rings (SSSR count). The van der Waals surface area contributed by atoms with Crippen molar-refractivity contribution in [3.05, 3.63) is 29.8 Å². The monoisotopic (exact) mass is 278 g/mol. The number of carbonyl (C=O) groups is 1. The second kappa shape index (κ2) is 6.37. The van der Waals surface area contributed by atoms with Crippen LogP contribution >= 0.6 is 0 Å². The molecule has 4 heteroatoms. The fraction of sp³-hybridized carbons (Fsp3) is 0.562. The molecule has 0 radical (unpaired) electrons. The van der Waals surface area contributed by atoms with Crippen LogP contribution in [0, 0.1) is 11.8 Å². The van der Waals surface area contributed by atoms with Gasteiger partial charge in [-0.15, -0.1) is 0 Å². The average Bonchev–Trinajstić information content (AvgIpc) is 2.47. The molecule has 1 aromatic rings. The van der Waals surface area contributed by atoms with Crippen molar-refractivity contribution in [2.45, 2.75) is 33.2 Å². The van der Waals surface area contributed by atoms with E-state index in [0.29, 0.717) is 6.61 Å². The molecule has 1 fully saturated rings. The molecule has 0 amide bonds. The van der Waals surface area contributed by atoms with Gasteiger partial charge in [-0.2, -0.15) is 0 Å². The number of rotatable bonds is 4. The summed E-state index contributed by atoms with van der Waals surface area (Å²) in [6.07, 6.45) is -0.516. The van der Waals surface area contributed by atoms with E-state index in [9.17, 15) is 4.79 Å². The van der Waals surface area contributed by atoms with Crippen LogP contribution in [-0.4, -0.2) is 25.6 Å². The van der Waals surface area contributed by atoms with E-state index in [0.717, 1.165) is 11.3 Å². The van der Waals surface area contributed by atoms with Crippen molar-refractivity contribution in [1.82, 2.24) is 0 Å². The number of hydrogen-bond donors (Lipinski definition) is 0. The van der Waals surface area contributed by atoms with E-state index in [2.05, 4.69) is 0 Å². The van der Waals surface area contributed by atoms with Gasteiger partial charge in [0.15, 0.2) is 6.29 Å². The van der Waals surface area contributed by atoms with Gasteiger partial charge < -0.3 is 14.2 Å². The lowest BCUT2D eigenvalue weighted by Crippen LogP contribution is -2.41. The maximum atomic E-state index is 11.6. The first-order chi connectivity index (χ1) is 9.52. The van der Waals surface area contributed by atoms with Gasteiger partial charge in [-0.25, -0.2) is 0 Å². The Morgan fingerprint density at radius 3 is 2.55 bits per heavy atom. The van der Waals surface area contributed by atoms with Crippen molar-refractivity contribution in [3.8, 4) is 5.75 Å². The van der Waals surface area contributed by atoms with Gasteiger partial charge in [0.05, 0.1) is 19.8 Å². The zero-order valence-corrected chi connectivity index (χ0v) is 12.5. The van der Waals surface area contributed by atoms with Gasteiger partial charge in [-0.1, -0.05) is 26.0 Å². The Morgan fingerprint density at radius 2 is 2.00 bits per heavy atom. The average molecular weight is 278 g/mol. The van der Waals surface area contributed by atoms with Crippen molar-refractivity contribution < 1.29 is 19.0 Å². The second-order valence-electron chi connectivity index (χ2n) is 5.42. The van der Waals surface area contributed by atoms with Crippen LogP contribution in [0.5, 0.6) is 5.75 Å². The summed E-state index contributed by atoms with van der Waals surface area (Å²) in [6.45, 7) is 6.17. The van der Waals surface area contributed by atoms with Gasteiger partial charge in [0.1, 0.15) is 11.5 Å². The fourth-order valence-electron chi connectivity index (χ4n) is 2.43. The van der Waals surface area contributed by atoms with Crippen molar-refractivity contribution in [3.63, 3.8) is 0 Å². The van der Waals surface area contributed by atoms with Crippen LogP contribution in [0.15, 0.2) is 24.3 Å². The van der Waals surface area contributed by atoms with Crippen LogP contribution in [0.2, 0.25) is 0 Å². The molecular weight excluding hydrogens is 256 g/mol. The van der Waals surface area contributed by atoms with Gasteiger partial charge >= 0.3 is 0 Å². The number of hydrogen-bond acceptors (Lipinski definition) is 4. The number of ether oxygens (including phenoxy) is 3. The van der Waals surface area contributed by atoms with Crippen LogP contribution in [0.3, 0.4) is 0 Å². The van der Waals surface area contributed by atoms with Crippen LogP contribution in [0.4, 0.5) is 0 Å². The molecule has 0 aromatic heterocycles. The topological polar surface area (TPSA) is 44.8 Å². The maximum Gasteiger partial charge on any atom is 0.184 e. The largest absolute Gasteiger partial charge is 0.497 e. The van der Waals surface area contributed by atoms with Crippen LogP contribution in [0.1, 0.15) is 32.6 Å². The molecule has 20 heavy (non-hydrogen) atoms. The summed E-state index contributed by atoms with van der Waals surface area (Å²) in [4.78, 5) is 11.6. The van der Waals surface area contributed by atoms with Crippen molar-refractivity contribution in [2.24, 2.45) is 11.8 Å². The molecule has 0 saturated carbocycles. The molecule has 4 nitrogen and oxygen atoms in total. The minimum Gasteiger partial charge on any atom is -0.497 e. The zero-order chi connectivity index (χ0) is 14.7. The van der Waals surface area contributed by atoms with E-state index in [4.69, 9.17) is 14.2 Å². The van der Waals surface area contributed by atoms with Crippen molar-refractivity contribution in [2.75, 3.05) is 13.7 Å². The summed E-state index contributed by atoms with van der Waals surface area (Å²) >= 11 is 0. The van der Waals surface area contributed by atoms with Gasteiger partial charge in [-0.3, -0.25) is 4.79 Å². The third-order valence-electron chi connectivity index (χ3n) is 3.87. The SMILES string of the molecule is COc1ccc([C@H]2OC[C@H](C)[C@H]([C@@H](C)C(C)=O)O2)cc1. The third kappa shape index (κ3) is 3.19. The zero-order valence-electron chi connectivity index (χ0n) is 12.5. The molecule has 110 valence electrons.